The number of benzene rings is 2. The van der Waals surface area contributed by atoms with Gasteiger partial charge in [-0.05, 0) is 31.5 Å². The van der Waals surface area contributed by atoms with Crippen LogP contribution in [-0.2, 0) is 4.79 Å². The maximum atomic E-state index is 14.3. The molecule has 0 fully saturated rings. The van der Waals surface area contributed by atoms with Gasteiger partial charge < -0.3 is 16.0 Å². The van der Waals surface area contributed by atoms with E-state index in [0.29, 0.717) is 25.1 Å². The molecule has 0 saturated heterocycles. The van der Waals surface area contributed by atoms with Crippen LogP contribution in [0, 0.1) is 23.3 Å². The van der Waals surface area contributed by atoms with Gasteiger partial charge in [-0.25, -0.2) is 22.4 Å². The monoisotopic (exact) mass is 409 g/mol. The highest BCUT2D eigenvalue weighted by Crippen LogP contribution is 2.26. The summed E-state index contributed by atoms with van der Waals surface area (Å²) in [7, 11) is 0. The summed E-state index contributed by atoms with van der Waals surface area (Å²) in [4.78, 5) is 24.3. The molecule has 0 heterocycles. The predicted molar refractivity (Wildman–Crippen MR) is 102 cm³/mol. The molecule has 0 aromatic heterocycles. The number of anilines is 2. The normalized spacial score (nSPS) is 11.2. The molecule has 9 heteroatoms. The molecule has 0 radical (unpaired) electrons. The summed E-state index contributed by atoms with van der Waals surface area (Å²) >= 11 is 0. The van der Waals surface area contributed by atoms with Gasteiger partial charge in [0.15, 0.2) is 0 Å². The molecule has 0 aliphatic heterocycles. The summed E-state index contributed by atoms with van der Waals surface area (Å²) in [6, 6.07) is 2.87. The number of urea groups is 1. The number of carbonyl (C=O) groups excluding carboxylic acids is 2. The van der Waals surface area contributed by atoms with Crippen LogP contribution >= 0.6 is 0 Å². The molecule has 0 atom stereocenters. The summed E-state index contributed by atoms with van der Waals surface area (Å²) in [5.41, 5.74) is -0.826. The number of hydrogen-bond acceptors (Lipinski definition) is 2. The molecule has 29 heavy (non-hydrogen) atoms. The highest BCUT2D eigenvalue weighted by Gasteiger charge is 2.19. The molecule has 3 N–H and O–H groups in total. The van der Waals surface area contributed by atoms with Crippen molar-refractivity contribution in [1.29, 1.82) is 0 Å². The van der Waals surface area contributed by atoms with Gasteiger partial charge >= 0.3 is 6.03 Å². The number of hydrogen-bond donors (Lipinski definition) is 3. The Bertz CT molecular complexity index is 941. The fourth-order valence-corrected chi connectivity index (χ4v) is 2.55. The Hall–Kier alpha value is -3.36. The van der Waals surface area contributed by atoms with Crippen molar-refractivity contribution in [3.63, 3.8) is 0 Å². The summed E-state index contributed by atoms with van der Waals surface area (Å²) in [5, 5.41) is 6.82. The second kappa shape index (κ2) is 9.72. The standard InChI is InChI=1S/C20H19F4N3O2/c1-3-5-14(19(28)25-4-2)15-9-18(17(24)10-16(15)23)27-20(29)26-13-7-11(21)6-12(22)8-13/h5-10H,3-4H2,1-2H3,(H,25,28)(H2,26,27,29)/b14-5-. The van der Waals surface area contributed by atoms with Gasteiger partial charge in [0.1, 0.15) is 23.3 Å². The van der Waals surface area contributed by atoms with Gasteiger partial charge in [-0.15, -0.1) is 0 Å². The Morgan fingerprint density at radius 1 is 0.897 bits per heavy atom. The van der Waals surface area contributed by atoms with Crippen LogP contribution in [0.5, 0.6) is 0 Å². The van der Waals surface area contributed by atoms with E-state index in [9.17, 15) is 27.2 Å². The third-order valence-electron chi connectivity index (χ3n) is 3.71. The Balaban J connectivity index is 2.31. The first-order valence-electron chi connectivity index (χ1n) is 8.77. The van der Waals surface area contributed by atoms with E-state index in [1.54, 1.807) is 13.8 Å². The highest BCUT2D eigenvalue weighted by atomic mass is 19.1. The molecule has 2 rings (SSSR count). The van der Waals surface area contributed by atoms with Crippen molar-refractivity contribution in [3.05, 3.63) is 65.2 Å². The van der Waals surface area contributed by atoms with E-state index in [-0.39, 0.29) is 16.8 Å². The maximum absolute atomic E-state index is 14.3. The molecular formula is C20H19F4N3O2. The first-order valence-corrected chi connectivity index (χ1v) is 8.77. The van der Waals surface area contributed by atoms with Crippen LogP contribution in [0.4, 0.5) is 33.7 Å². The van der Waals surface area contributed by atoms with Gasteiger partial charge in [0.05, 0.1) is 5.69 Å². The fraction of sp³-hybridized carbons (Fsp3) is 0.200. The Morgan fingerprint density at radius 3 is 2.14 bits per heavy atom. The van der Waals surface area contributed by atoms with Crippen LogP contribution in [0.2, 0.25) is 0 Å². The topological polar surface area (TPSA) is 70.2 Å². The maximum Gasteiger partial charge on any atom is 0.323 e. The van der Waals surface area contributed by atoms with E-state index in [2.05, 4.69) is 16.0 Å². The summed E-state index contributed by atoms with van der Waals surface area (Å²) in [6.45, 7) is 3.74. The second-order valence-electron chi connectivity index (χ2n) is 5.93. The van der Waals surface area contributed by atoms with E-state index in [4.69, 9.17) is 0 Å². The SMILES string of the molecule is CC/C=C(\C(=O)NCC)c1cc(NC(=O)Nc2cc(F)cc(F)c2)c(F)cc1F. The van der Waals surface area contributed by atoms with Crippen molar-refractivity contribution in [3.8, 4) is 0 Å². The van der Waals surface area contributed by atoms with Crippen molar-refractivity contribution in [2.24, 2.45) is 0 Å². The van der Waals surface area contributed by atoms with Crippen molar-refractivity contribution >= 4 is 28.9 Å². The van der Waals surface area contributed by atoms with Crippen molar-refractivity contribution in [2.45, 2.75) is 20.3 Å². The summed E-state index contributed by atoms with van der Waals surface area (Å²) in [5.74, 6) is -4.44. The van der Waals surface area contributed by atoms with E-state index in [1.165, 1.54) is 6.08 Å². The molecule has 154 valence electrons. The molecular weight excluding hydrogens is 390 g/mol. The van der Waals surface area contributed by atoms with E-state index in [1.807, 2.05) is 0 Å². The van der Waals surface area contributed by atoms with E-state index >= 15 is 0 Å². The number of halogens is 4. The smallest absolute Gasteiger partial charge is 0.323 e. The number of nitrogens with one attached hydrogen (secondary N) is 3. The number of carbonyl (C=O) groups is 2. The number of rotatable bonds is 6. The molecule has 3 amide bonds. The molecule has 0 bridgehead atoms. The lowest BCUT2D eigenvalue weighted by molar-refractivity contribution is -0.115. The minimum atomic E-state index is -1.08. The lowest BCUT2D eigenvalue weighted by atomic mass is 10.0. The van der Waals surface area contributed by atoms with Gasteiger partial charge in [-0.1, -0.05) is 13.0 Å². The van der Waals surface area contributed by atoms with Crippen LogP contribution in [-0.4, -0.2) is 18.5 Å². The lowest BCUT2D eigenvalue weighted by Crippen LogP contribution is -2.24. The third-order valence-corrected chi connectivity index (χ3v) is 3.71. The Labute approximate surface area is 164 Å². The van der Waals surface area contributed by atoms with Gasteiger partial charge in [-0.2, -0.15) is 0 Å². The first kappa shape index (κ1) is 21.9. The third kappa shape index (κ3) is 5.81. The average molecular weight is 409 g/mol. The van der Waals surface area contributed by atoms with Gasteiger partial charge in [0.2, 0.25) is 0 Å². The fourth-order valence-electron chi connectivity index (χ4n) is 2.55. The molecule has 0 spiro atoms. The molecule has 0 saturated carbocycles. The van der Waals surface area contributed by atoms with E-state index in [0.717, 1.165) is 18.2 Å². The molecule has 5 nitrogen and oxygen atoms in total. The number of likely N-dealkylation sites (N-methyl/N-ethyl adjacent to an activating group) is 1. The largest absolute Gasteiger partial charge is 0.352 e. The van der Waals surface area contributed by atoms with E-state index < -0.39 is 40.9 Å². The van der Waals surface area contributed by atoms with Gasteiger partial charge in [0, 0.05) is 35.5 Å². The van der Waals surface area contributed by atoms with Crippen LogP contribution in [0.25, 0.3) is 5.57 Å². The Kier molecular flexibility index (Phi) is 7.35. The zero-order valence-corrected chi connectivity index (χ0v) is 15.7. The van der Waals surface area contributed by atoms with Crippen LogP contribution < -0.4 is 16.0 Å². The Morgan fingerprint density at radius 2 is 1.55 bits per heavy atom. The molecule has 0 unspecified atom stereocenters. The quantitative estimate of drug-likeness (QED) is 0.473. The molecule has 0 aliphatic rings. The number of allylic oxidation sites excluding steroid dienone is 1. The summed E-state index contributed by atoms with van der Waals surface area (Å²) < 4.78 is 54.9. The van der Waals surface area contributed by atoms with Crippen molar-refractivity contribution < 1.29 is 27.2 Å². The van der Waals surface area contributed by atoms with Gasteiger partial charge in [0.25, 0.3) is 5.91 Å². The molecule has 0 aliphatic carbocycles. The molecule has 2 aromatic rings. The van der Waals surface area contributed by atoms with Crippen LogP contribution in [0.3, 0.4) is 0 Å². The van der Waals surface area contributed by atoms with Crippen LogP contribution in [0.1, 0.15) is 25.8 Å². The second-order valence-corrected chi connectivity index (χ2v) is 5.93. The van der Waals surface area contributed by atoms with Crippen LogP contribution in [0.15, 0.2) is 36.4 Å². The predicted octanol–water partition coefficient (Wildman–Crippen LogP) is 4.82. The highest BCUT2D eigenvalue weighted by molar-refractivity contribution is 6.19. The molecule has 2 aromatic carbocycles. The minimum Gasteiger partial charge on any atom is -0.352 e. The lowest BCUT2D eigenvalue weighted by Gasteiger charge is -2.13. The zero-order valence-electron chi connectivity index (χ0n) is 15.7. The number of amides is 3. The van der Waals surface area contributed by atoms with Crippen molar-refractivity contribution in [2.75, 3.05) is 17.2 Å². The van der Waals surface area contributed by atoms with Gasteiger partial charge in [-0.3, -0.25) is 4.79 Å². The van der Waals surface area contributed by atoms with Crippen molar-refractivity contribution in [1.82, 2.24) is 5.32 Å². The average Bonchev–Trinajstić information content (AvgIpc) is 2.61. The summed E-state index contributed by atoms with van der Waals surface area (Å²) in [6.07, 6.45) is 1.89. The first-order chi connectivity index (χ1) is 13.7. The minimum absolute atomic E-state index is 0.0116. The zero-order chi connectivity index (χ0) is 21.6.